The molecule has 1 aromatic rings. The highest BCUT2D eigenvalue weighted by Gasteiger charge is 2.12. The van der Waals surface area contributed by atoms with Gasteiger partial charge in [-0.3, -0.25) is 4.79 Å². The average molecular weight is 278 g/mol. The quantitative estimate of drug-likeness (QED) is 0.753. The third kappa shape index (κ3) is 5.01. The van der Waals surface area contributed by atoms with E-state index in [0.29, 0.717) is 24.3 Å². The molecule has 0 aliphatic heterocycles. The van der Waals surface area contributed by atoms with E-state index in [2.05, 4.69) is 5.32 Å². The van der Waals surface area contributed by atoms with Crippen molar-refractivity contribution in [2.45, 2.75) is 26.7 Å². The van der Waals surface area contributed by atoms with Gasteiger partial charge >= 0.3 is 6.03 Å². The number of aliphatic hydroxyl groups excluding tert-OH is 1. The van der Waals surface area contributed by atoms with Crippen molar-refractivity contribution in [2.75, 3.05) is 25.0 Å². The molecule has 1 rings (SSSR count). The summed E-state index contributed by atoms with van der Waals surface area (Å²) >= 11 is 0. The summed E-state index contributed by atoms with van der Waals surface area (Å²) in [7, 11) is 0. The molecule has 0 radical (unpaired) electrons. The Morgan fingerprint density at radius 1 is 1.30 bits per heavy atom. The van der Waals surface area contributed by atoms with Gasteiger partial charge in [-0.15, -0.1) is 0 Å². The SMILES string of the molecule is CCCCN(CCO)C(=O)Nc1cccc(C(C)=O)c1. The smallest absolute Gasteiger partial charge is 0.321 e. The van der Waals surface area contributed by atoms with Crippen molar-refractivity contribution in [3.63, 3.8) is 0 Å². The Balaban J connectivity index is 2.71. The summed E-state index contributed by atoms with van der Waals surface area (Å²) in [4.78, 5) is 25.0. The Labute approximate surface area is 119 Å². The predicted octanol–water partition coefficient (Wildman–Crippen LogP) is 2.52. The molecule has 2 N–H and O–H groups in total. The van der Waals surface area contributed by atoms with Crippen molar-refractivity contribution in [3.05, 3.63) is 29.8 Å². The molecule has 0 saturated carbocycles. The molecule has 0 aromatic heterocycles. The molecule has 0 heterocycles. The lowest BCUT2D eigenvalue weighted by atomic mass is 10.1. The maximum atomic E-state index is 12.1. The maximum Gasteiger partial charge on any atom is 0.321 e. The third-order valence-electron chi connectivity index (χ3n) is 2.96. The molecular formula is C15H22N2O3. The number of Topliss-reactive ketones (excluding diaryl/α,β-unsaturated/α-hetero) is 1. The van der Waals surface area contributed by atoms with Gasteiger partial charge in [0.1, 0.15) is 0 Å². The monoisotopic (exact) mass is 278 g/mol. The number of aliphatic hydroxyl groups is 1. The number of ketones is 1. The average Bonchev–Trinajstić information content (AvgIpc) is 2.43. The number of urea groups is 1. The fourth-order valence-electron chi connectivity index (χ4n) is 1.80. The summed E-state index contributed by atoms with van der Waals surface area (Å²) in [5.74, 6) is -0.0423. The number of amides is 2. The Morgan fingerprint density at radius 3 is 2.65 bits per heavy atom. The topological polar surface area (TPSA) is 69.6 Å². The fourth-order valence-corrected chi connectivity index (χ4v) is 1.80. The van der Waals surface area contributed by atoms with Crippen molar-refractivity contribution in [3.8, 4) is 0 Å². The van der Waals surface area contributed by atoms with Gasteiger partial charge in [0.25, 0.3) is 0 Å². The molecule has 110 valence electrons. The van der Waals surface area contributed by atoms with Gasteiger partial charge < -0.3 is 15.3 Å². The van der Waals surface area contributed by atoms with Gasteiger partial charge in [0.2, 0.25) is 0 Å². The molecule has 0 fully saturated rings. The Kier molecular flexibility index (Phi) is 6.73. The van der Waals surface area contributed by atoms with Crippen LogP contribution in [-0.2, 0) is 0 Å². The largest absolute Gasteiger partial charge is 0.395 e. The lowest BCUT2D eigenvalue weighted by Crippen LogP contribution is -2.37. The lowest BCUT2D eigenvalue weighted by molar-refractivity contribution is 0.101. The molecule has 1 aromatic carbocycles. The van der Waals surface area contributed by atoms with Gasteiger partial charge in [-0.2, -0.15) is 0 Å². The first-order valence-electron chi connectivity index (χ1n) is 6.86. The standard InChI is InChI=1S/C15H22N2O3/c1-3-4-8-17(9-10-18)15(20)16-14-7-5-6-13(11-14)12(2)19/h5-7,11,18H,3-4,8-10H2,1-2H3,(H,16,20). The molecule has 20 heavy (non-hydrogen) atoms. The van der Waals surface area contributed by atoms with Crippen LogP contribution in [0.5, 0.6) is 0 Å². The number of carbonyl (C=O) groups excluding carboxylic acids is 2. The number of rotatable bonds is 7. The van der Waals surface area contributed by atoms with Crippen LogP contribution in [0, 0.1) is 0 Å². The van der Waals surface area contributed by atoms with Crippen LogP contribution in [0.15, 0.2) is 24.3 Å². The highest BCUT2D eigenvalue weighted by molar-refractivity contribution is 5.96. The summed E-state index contributed by atoms with van der Waals surface area (Å²) < 4.78 is 0. The second kappa shape index (κ2) is 8.32. The lowest BCUT2D eigenvalue weighted by Gasteiger charge is -2.22. The normalized spacial score (nSPS) is 10.2. The third-order valence-corrected chi connectivity index (χ3v) is 2.96. The molecule has 0 aliphatic rings. The highest BCUT2D eigenvalue weighted by Crippen LogP contribution is 2.12. The predicted molar refractivity (Wildman–Crippen MR) is 79.0 cm³/mol. The van der Waals surface area contributed by atoms with Gasteiger partial charge in [0, 0.05) is 24.3 Å². The molecular weight excluding hydrogens is 256 g/mol. The minimum absolute atomic E-state index is 0.0423. The van der Waals surface area contributed by atoms with Crippen molar-refractivity contribution < 1.29 is 14.7 Å². The number of hydrogen-bond acceptors (Lipinski definition) is 3. The van der Waals surface area contributed by atoms with E-state index in [1.807, 2.05) is 6.92 Å². The van der Waals surface area contributed by atoms with Gasteiger partial charge in [-0.25, -0.2) is 4.79 Å². The van der Waals surface area contributed by atoms with Crippen LogP contribution in [0.4, 0.5) is 10.5 Å². The number of unbranched alkanes of at least 4 members (excludes halogenated alkanes) is 1. The second-order valence-corrected chi connectivity index (χ2v) is 4.63. The molecule has 0 bridgehead atoms. The molecule has 0 unspecified atom stereocenters. The van der Waals surface area contributed by atoms with Crippen LogP contribution in [0.2, 0.25) is 0 Å². The number of anilines is 1. The van der Waals surface area contributed by atoms with Gasteiger partial charge in [0.05, 0.1) is 6.61 Å². The van der Waals surface area contributed by atoms with E-state index in [1.54, 1.807) is 29.2 Å². The van der Waals surface area contributed by atoms with Crippen molar-refractivity contribution in [1.82, 2.24) is 4.90 Å². The second-order valence-electron chi connectivity index (χ2n) is 4.63. The van der Waals surface area contributed by atoms with Crippen LogP contribution in [-0.4, -0.2) is 41.5 Å². The van der Waals surface area contributed by atoms with E-state index in [4.69, 9.17) is 5.11 Å². The molecule has 2 amide bonds. The molecule has 0 atom stereocenters. The van der Waals surface area contributed by atoms with Crippen molar-refractivity contribution in [2.24, 2.45) is 0 Å². The van der Waals surface area contributed by atoms with Crippen LogP contribution >= 0.6 is 0 Å². The summed E-state index contributed by atoms with van der Waals surface area (Å²) in [6.07, 6.45) is 1.87. The summed E-state index contributed by atoms with van der Waals surface area (Å²) in [6, 6.07) is 6.57. The first-order valence-corrected chi connectivity index (χ1v) is 6.86. The van der Waals surface area contributed by atoms with Crippen LogP contribution < -0.4 is 5.32 Å². The van der Waals surface area contributed by atoms with Crippen LogP contribution in [0.3, 0.4) is 0 Å². The molecule has 5 heteroatoms. The first-order chi connectivity index (χ1) is 9.58. The van der Waals surface area contributed by atoms with Crippen molar-refractivity contribution >= 4 is 17.5 Å². The van der Waals surface area contributed by atoms with E-state index in [1.165, 1.54) is 6.92 Å². The van der Waals surface area contributed by atoms with Gasteiger partial charge in [-0.05, 0) is 25.5 Å². The first kappa shape index (κ1) is 16.2. The molecule has 0 spiro atoms. The Hall–Kier alpha value is -1.88. The zero-order chi connectivity index (χ0) is 15.0. The van der Waals surface area contributed by atoms with Gasteiger partial charge in [-0.1, -0.05) is 25.5 Å². The minimum atomic E-state index is -0.256. The van der Waals surface area contributed by atoms with E-state index in [0.717, 1.165) is 12.8 Å². The maximum absolute atomic E-state index is 12.1. The van der Waals surface area contributed by atoms with Crippen LogP contribution in [0.1, 0.15) is 37.0 Å². The van der Waals surface area contributed by atoms with Crippen molar-refractivity contribution in [1.29, 1.82) is 0 Å². The zero-order valence-corrected chi connectivity index (χ0v) is 12.1. The van der Waals surface area contributed by atoms with E-state index < -0.39 is 0 Å². The summed E-state index contributed by atoms with van der Waals surface area (Å²) in [5, 5.41) is 11.8. The molecule has 5 nitrogen and oxygen atoms in total. The zero-order valence-electron chi connectivity index (χ0n) is 12.1. The summed E-state index contributed by atoms with van der Waals surface area (Å²) in [6.45, 7) is 4.38. The number of nitrogens with one attached hydrogen (secondary N) is 1. The fraction of sp³-hybridized carbons (Fsp3) is 0.467. The van der Waals surface area contributed by atoms with E-state index in [9.17, 15) is 9.59 Å². The summed E-state index contributed by atoms with van der Waals surface area (Å²) in [5.41, 5.74) is 1.15. The Bertz CT molecular complexity index is 460. The Morgan fingerprint density at radius 2 is 2.05 bits per heavy atom. The van der Waals surface area contributed by atoms with E-state index in [-0.39, 0.29) is 18.4 Å². The van der Waals surface area contributed by atoms with Crippen LogP contribution in [0.25, 0.3) is 0 Å². The number of carbonyl (C=O) groups is 2. The molecule has 0 saturated heterocycles. The van der Waals surface area contributed by atoms with Gasteiger partial charge in [0.15, 0.2) is 5.78 Å². The number of benzene rings is 1. The highest BCUT2D eigenvalue weighted by atomic mass is 16.3. The number of nitrogens with zero attached hydrogens (tertiary/aromatic N) is 1. The minimum Gasteiger partial charge on any atom is -0.395 e. The number of hydrogen-bond donors (Lipinski definition) is 2. The van der Waals surface area contributed by atoms with E-state index >= 15 is 0 Å². The molecule has 0 aliphatic carbocycles.